The highest BCUT2D eigenvalue weighted by molar-refractivity contribution is 7.19. The first-order chi connectivity index (χ1) is 14.2. The normalized spacial score (nSPS) is 21.5. The molecule has 0 atom stereocenters. The van der Waals surface area contributed by atoms with Gasteiger partial charge in [0.2, 0.25) is 11.8 Å². The van der Waals surface area contributed by atoms with Crippen LogP contribution < -0.4 is 10.1 Å². The highest BCUT2D eigenvalue weighted by atomic mass is 32.1. The summed E-state index contributed by atoms with van der Waals surface area (Å²) in [6.07, 6.45) is 8.29. The number of rotatable bonds is 5. The number of benzene rings is 1. The van der Waals surface area contributed by atoms with Gasteiger partial charge in [-0.25, -0.2) is 4.98 Å². The Morgan fingerprint density at radius 3 is 2.59 bits per heavy atom. The Bertz CT molecular complexity index is 993. The number of fused-ring (bicyclic) bond motifs is 3. The third-order valence-electron chi connectivity index (χ3n) is 6.21. The summed E-state index contributed by atoms with van der Waals surface area (Å²) in [5, 5.41) is 4.52. The summed E-state index contributed by atoms with van der Waals surface area (Å²) in [5.41, 5.74) is 2.42. The van der Waals surface area contributed by atoms with E-state index >= 15 is 0 Å². The van der Waals surface area contributed by atoms with Crippen LogP contribution in [0, 0.1) is 0 Å². The van der Waals surface area contributed by atoms with Crippen LogP contribution in [0.4, 0.5) is 11.6 Å². The Morgan fingerprint density at radius 1 is 1.03 bits per heavy atom. The van der Waals surface area contributed by atoms with E-state index in [0.29, 0.717) is 12.0 Å². The predicted molar refractivity (Wildman–Crippen MR) is 120 cm³/mol. The summed E-state index contributed by atoms with van der Waals surface area (Å²) >= 11 is 1.81. The quantitative estimate of drug-likeness (QED) is 0.631. The molecule has 0 saturated heterocycles. The Hall–Kier alpha value is -2.18. The molecular formula is C23H28N4OS. The van der Waals surface area contributed by atoms with Crippen LogP contribution >= 0.6 is 11.3 Å². The van der Waals surface area contributed by atoms with Gasteiger partial charge in [-0.15, -0.1) is 11.3 Å². The minimum absolute atomic E-state index is 0.242. The van der Waals surface area contributed by atoms with E-state index in [-0.39, 0.29) is 6.10 Å². The summed E-state index contributed by atoms with van der Waals surface area (Å²) in [7, 11) is 4.35. The topological polar surface area (TPSA) is 50.3 Å². The number of aromatic nitrogens is 2. The Labute approximate surface area is 176 Å². The van der Waals surface area contributed by atoms with Crippen molar-refractivity contribution in [3.8, 4) is 5.88 Å². The smallest absolute Gasteiger partial charge is 0.231 e. The van der Waals surface area contributed by atoms with Gasteiger partial charge in [0.25, 0.3) is 0 Å². The molecule has 1 saturated carbocycles. The van der Waals surface area contributed by atoms with Gasteiger partial charge in [-0.2, -0.15) is 4.98 Å². The minimum Gasteiger partial charge on any atom is -0.474 e. The summed E-state index contributed by atoms with van der Waals surface area (Å²) in [5.74, 6) is 1.40. The second-order valence-corrected chi connectivity index (χ2v) is 9.48. The molecule has 29 heavy (non-hydrogen) atoms. The molecule has 0 spiro atoms. The van der Waals surface area contributed by atoms with Gasteiger partial charge in [-0.05, 0) is 76.7 Å². The van der Waals surface area contributed by atoms with Gasteiger partial charge in [0, 0.05) is 16.6 Å². The number of para-hydroxylation sites is 1. The number of aryl methyl sites for hydroxylation is 2. The third-order valence-corrected chi connectivity index (χ3v) is 7.40. The molecule has 2 aliphatic carbocycles. The molecular weight excluding hydrogens is 380 g/mol. The van der Waals surface area contributed by atoms with E-state index in [1.54, 1.807) is 0 Å². The van der Waals surface area contributed by atoms with E-state index in [4.69, 9.17) is 14.7 Å². The standard InChI is InChI=1S/C23H28N4OS/c1-27(2)16-11-13-17(14-12-16)28-21-20-18-9-6-10-19(18)29-22(20)26-23(25-21)24-15-7-4-3-5-8-15/h3-5,7-8,16-17H,6,9-14H2,1-2H3,(H,24,25,26). The zero-order chi connectivity index (χ0) is 19.8. The average molecular weight is 409 g/mol. The van der Waals surface area contributed by atoms with E-state index in [1.807, 2.05) is 41.7 Å². The van der Waals surface area contributed by atoms with Crippen LogP contribution in [0.15, 0.2) is 30.3 Å². The molecule has 152 valence electrons. The zero-order valence-corrected chi connectivity index (χ0v) is 18.0. The van der Waals surface area contributed by atoms with Crippen molar-refractivity contribution >= 4 is 33.2 Å². The number of anilines is 2. The SMILES string of the molecule is CN(C)C1CCC(Oc2nc(Nc3ccccc3)nc3sc4c(c23)CCC4)CC1. The molecule has 0 unspecified atom stereocenters. The van der Waals surface area contributed by atoms with Crippen LogP contribution in [0.3, 0.4) is 0 Å². The van der Waals surface area contributed by atoms with Crippen molar-refractivity contribution < 1.29 is 4.74 Å². The van der Waals surface area contributed by atoms with Crippen LogP contribution in [-0.2, 0) is 12.8 Å². The molecule has 1 aromatic carbocycles. The van der Waals surface area contributed by atoms with Gasteiger partial charge in [0.1, 0.15) is 10.9 Å². The monoisotopic (exact) mass is 408 g/mol. The summed E-state index contributed by atoms with van der Waals surface area (Å²) in [6.45, 7) is 0. The molecule has 0 aliphatic heterocycles. The first kappa shape index (κ1) is 18.8. The molecule has 2 aromatic heterocycles. The van der Waals surface area contributed by atoms with Crippen LogP contribution in [0.25, 0.3) is 10.2 Å². The number of ether oxygens (including phenoxy) is 1. The lowest BCUT2D eigenvalue weighted by molar-refractivity contribution is 0.109. The first-order valence-corrected chi connectivity index (χ1v) is 11.5. The van der Waals surface area contributed by atoms with E-state index in [0.717, 1.165) is 47.5 Å². The Morgan fingerprint density at radius 2 is 1.83 bits per heavy atom. The molecule has 0 bridgehead atoms. The maximum Gasteiger partial charge on any atom is 0.231 e. The van der Waals surface area contributed by atoms with Gasteiger partial charge < -0.3 is 15.0 Å². The second kappa shape index (κ2) is 7.92. The van der Waals surface area contributed by atoms with Crippen LogP contribution in [0.5, 0.6) is 5.88 Å². The van der Waals surface area contributed by atoms with Crippen LogP contribution in [0.1, 0.15) is 42.5 Å². The van der Waals surface area contributed by atoms with E-state index < -0.39 is 0 Å². The summed E-state index contributed by atoms with van der Waals surface area (Å²) in [6, 6.07) is 10.8. The lowest BCUT2D eigenvalue weighted by Gasteiger charge is -2.32. The third kappa shape index (κ3) is 3.83. The highest BCUT2D eigenvalue weighted by Gasteiger charge is 2.27. The fourth-order valence-corrected chi connectivity index (χ4v) is 5.84. The maximum absolute atomic E-state index is 6.56. The number of nitrogens with one attached hydrogen (secondary N) is 1. The van der Waals surface area contributed by atoms with Gasteiger partial charge in [-0.3, -0.25) is 0 Å². The van der Waals surface area contributed by atoms with Gasteiger partial charge in [-0.1, -0.05) is 18.2 Å². The molecule has 2 heterocycles. The molecule has 0 radical (unpaired) electrons. The first-order valence-electron chi connectivity index (χ1n) is 10.6. The zero-order valence-electron chi connectivity index (χ0n) is 17.1. The largest absolute Gasteiger partial charge is 0.474 e. The van der Waals surface area contributed by atoms with E-state index in [9.17, 15) is 0 Å². The maximum atomic E-state index is 6.56. The number of nitrogens with zero attached hydrogens (tertiary/aromatic N) is 3. The minimum atomic E-state index is 0.242. The van der Waals surface area contributed by atoms with Crippen molar-refractivity contribution in [1.29, 1.82) is 0 Å². The van der Waals surface area contributed by atoms with Gasteiger partial charge in [0.15, 0.2) is 0 Å². The fourth-order valence-electron chi connectivity index (χ4n) is 4.59. The van der Waals surface area contributed by atoms with Gasteiger partial charge >= 0.3 is 0 Å². The molecule has 0 amide bonds. The van der Waals surface area contributed by atoms with Crippen molar-refractivity contribution in [3.63, 3.8) is 0 Å². The van der Waals surface area contributed by atoms with Crippen molar-refractivity contribution in [2.75, 3.05) is 19.4 Å². The van der Waals surface area contributed by atoms with Crippen LogP contribution in [0.2, 0.25) is 0 Å². The van der Waals surface area contributed by atoms with Crippen molar-refractivity contribution in [2.24, 2.45) is 0 Å². The summed E-state index contributed by atoms with van der Waals surface area (Å²) < 4.78 is 6.56. The lowest BCUT2D eigenvalue weighted by Crippen LogP contribution is -2.35. The fraction of sp³-hybridized carbons (Fsp3) is 0.478. The van der Waals surface area contributed by atoms with E-state index in [2.05, 4.69) is 24.3 Å². The second-order valence-electron chi connectivity index (χ2n) is 8.39. The van der Waals surface area contributed by atoms with Crippen molar-refractivity contribution in [3.05, 3.63) is 40.8 Å². The highest BCUT2D eigenvalue weighted by Crippen LogP contribution is 2.42. The Balaban J connectivity index is 1.45. The summed E-state index contributed by atoms with van der Waals surface area (Å²) in [4.78, 5) is 14.5. The predicted octanol–water partition coefficient (Wildman–Crippen LogP) is 5.18. The molecule has 5 rings (SSSR count). The number of thiophene rings is 1. The van der Waals surface area contributed by atoms with Crippen molar-refractivity contribution in [1.82, 2.24) is 14.9 Å². The Kier molecular flexibility index (Phi) is 5.14. The molecule has 2 aliphatic rings. The molecule has 3 aromatic rings. The van der Waals surface area contributed by atoms with E-state index in [1.165, 1.54) is 29.7 Å². The lowest BCUT2D eigenvalue weighted by atomic mass is 9.92. The van der Waals surface area contributed by atoms with Crippen molar-refractivity contribution in [2.45, 2.75) is 57.1 Å². The number of hydrogen-bond donors (Lipinski definition) is 1. The van der Waals surface area contributed by atoms with Gasteiger partial charge in [0.05, 0.1) is 5.39 Å². The van der Waals surface area contributed by atoms with Crippen LogP contribution in [-0.4, -0.2) is 41.1 Å². The molecule has 1 fully saturated rings. The molecule has 6 heteroatoms. The average Bonchev–Trinajstić information content (AvgIpc) is 3.30. The molecule has 5 nitrogen and oxygen atoms in total. The number of hydrogen-bond acceptors (Lipinski definition) is 6. The molecule has 1 N–H and O–H groups in total.